The summed E-state index contributed by atoms with van der Waals surface area (Å²) in [6.07, 6.45) is -1.26. The van der Waals surface area contributed by atoms with E-state index < -0.39 is 12.5 Å². The van der Waals surface area contributed by atoms with E-state index in [0.717, 1.165) is 0 Å². The molecule has 0 aliphatic rings. The van der Waals surface area contributed by atoms with Gasteiger partial charge in [-0.1, -0.05) is 11.6 Å². The maximum Gasteiger partial charge on any atom is 0.258 e. The van der Waals surface area contributed by atoms with Gasteiger partial charge in [0, 0.05) is 0 Å². The number of hydrogen-bond acceptors (Lipinski definition) is 3. The van der Waals surface area contributed by atoms with Crippen molar-refractivity contribution in [1.29, 1.82) is 0 Å². The SMILES string of the molecule is CC(Nc1ncnc(Cl)c1Br)C(F)F. The van der Waals surface area contributed by atoms with Crippen molar-refractivity contribution in [2.45, 2.75) is 19.4 Å². The van der Waals surface area contributed by atoms with Crippen LogP contribution in [-0.2, 0) is 0 Å². The van der Waals surface area contributed by atoms with Crippen LogP contribution in [0.3, 0.4) is 0 Å². The molecule has 3 nitrogen and oxygen atoms in total. The number of alkyl halides is 2. The molecule has 1 atom stereocenters. The number of hydrogen-bond donors (Lipinski definition) is 1. The zero-order chi connectivity index (χ0) is 10.7. The zero-order valence-electron chi connectivity index (χ0n) is 7.14. The van der Waals surface area contributed by atoms with Gasteiger partial charge in [0.15, 0.2) is 0 Å². The topological polar surface area (TPSA) is 37.8 Å². The van der Waals surface area contributed by atoms with E-state index in [-0.39, 0.29) is 11.0 Å². The Morgan fingerprint density at radius 2 is 2.14 bits per heavy atom. The average molecular weight is 287 g/mol. The highest BCUT2D eigenvalue weighted by atomic mass is 79.9. The number of halogens is 4. The number of rotatable bonds is 3. The lowest BCUT2D eigenvalue weighted by molar-refractivity contribution is 0.130. The maximum absolute atomic E-state index is 12.2. The lowest BCUT2D eigenvalue weighted by Gasteiger charge is -2.14. The smallest absolute Gasteiger partial charge is 0.258 e. The molecule has 7 heteroatoms. The van der Waals surface area contributed by atoms with Crippen molar-refractivity contribution in [3.05, 3.63) is 16.0 Å². The van der Waals surface area contributed by atoms with Crippen LogP contribution >= 0.6 is 27.5 Å². The van der Waals surface area contributed by atoms with Gasteiger partial charge >= 0.3 is 0 Å². The van der Waals surface area contributed by atoms with Crippen LogP contribution in [0.15, 0.2) is 10.8 Å². The molecule has 0 saturated heterocycles. The van der Waals surface area contributed by atoms with Gasteiger partial charge in [-0.2, -0.15) is 0 Å². The monoisotopic (exact) mass is 285 g/mol. The van der Waals surface area contributed by atoms with Crippen molar-refractivity contribution in [1.82, 2.24) is 9.97 Å². The first kappa shape index (κ1) is 11.6. The van der Waals surface area contributed by atoms with E-state index in [0.29, 0.717) is 4.47 Å². The molecular formula is C7H7BrClF2N3. The summed E-state index contributed by atoms with van der Waals surface area (Å²) in [5.74, 6) is 0.262. The van der Waals surface area contributed by atoms with Crippen LogP contribution in [0.2, 0.25) is 5.15 Å². The Hall–Kier alpha value is -0.490. The minimum Gasteiger partial charge on any atom is -0.361 e. The van der Waals surface area contributed by atoms with Crippen molar-refractivity contribution in [3.63, 3.8) is 0 Å². The van der Waals surface area contributed by atoms with Gasteiger partial charge < -0.3 is 5.32 Å². The third-order valence-corrected chi connectivity index (χ3v) is 2.76. The first-order valence-electron chi connectivity index (χ1n) is 3.73. The van der Waals surface area contributed by atoms with Gasteiger partial charge in [0.05, 0.1) is 10.5 Å². The number of anilines is 1. The summed E-state index contributed by atoms with van der Waals surface area (Å²) in [4.78, 5) is 7.45. The molecule has 0 spiro atoms. The van der Waals surface area contributed by atoms with E-state index in [1.165, 1.54) is 13.3 Å². The molecule has 0 fully saturated rings. The Morgan fingerprint density at radius 3 is 2.71 bits per heavy atom. The van der Waals surface area contributed by atoms with Crippen molar-refractivity contribution in [2.75, 3.05) is 5.32 Å². The summed E-state index contributed by atoms with van der Waals surface area (Å²) in [5, 5.41) is 2.70. The molecule has 0 aromatic carbocycles. The summed E-state index contributed by atoms with van der Waals surface area (Å²) in [6, 6.07) is -0.989. The highest BCUT2D eigenvalue weighted by Gasteiger charge is 2.16. The van der Waals surface area contributed by atoms with Gasteiger partial charge in [-0.05, 0) is 22.9 Å². The number of nitrogens with one attached hydrogen (secondary N) is 1. The molecule has 0 radical (unpaired) electrons. The van der Waals surface area contributed by atoms with Gasteiger partial charge in [-0.25, -0.2) is 18.7 Å². The van der Waals surface area contributed by atoms with Gasteiger partial charge in [-0.3, -0.25) is 0 Å². The third-order valence-electron chi connectivity index (χ3n) is 1.49. The normalized spacial score (nSPS) is 13.0. The standard InChI is InChI=1S/C7H7BrClF2N3/c1-3(6(10)11)14-7-4(8)5(9)12-2-13-7/h2-3,6H,1H3,(H,12,13,14). The predicted molar refractivity (Wildman–Crippen MR) is 53.8 cm³/mol. The molecule has 14 heavy (non-hydrogen) atoms. The van der Waals surface area contributed by atoms with Crippen molar-refractivity contribution in [3.8, 4) is 0 Å². The van der Waals surface area contributed by atoms with E-state index in [1.54, 1.807) is 0 Å². The summed E-state index contributed by atoms with van der Waals surface area (Å²) in [7, 11) is 0. The molecule has 1 aromatic heterocycles. The largest absolute Gasteiger partial charge is 0.361 e. The Kier molecular flexibility index (Phi) is 4.00. The molecule has 1 N–H and O–H groups in total. The molecule has 1 heterocycles. The second kappa shape index (κ2) is 4.84. The van der Waals surface area contributed by atoms with Crippen molar-refractivity contribution >= 4 is 33.3 Å². The third kappa shape index (κ3) is 2.75. The molecule has 1 aromatic rings. The number of aromatic nitrogens is 2. The highest BCUT2D eigenvalue weighted by molar-refractivity contribution is 9.10. The van der Waals surface area contributed by atoms with E-state index in [9.17, 15) is 8.78 Å². The molecule has 1 unspecified atom stereocenters. The first-order chi connectivity index (χ1) is 6.52. The maximum atomic E-state index is 12.2. The van der Waals surface area contributed by atoms with Gasteiger partial charge in [-0.15, -0.1) is 0 Å². The molecule has 78 valence electrons. The van der Waals surface area contributed by atoms with E-state index >= 15 is 0 Å². The Balaban J connectivity index is 2.82. The summed E-state index contributed by atoms with van der Waals surface area (Å²) in [6.45, 7) is 1.35. The molecular weight excluding hydrogens is 279 g/mol. The van der Waals surface area contributed by atoms with Crippen LogP contribution in [0.4, 0.5) is 14.6 Å². The Morgan fingerprint density at radius 1 is 1.50 bits per heavy atom. The Labute approximate surface area is 93.0 Å². The van der Waals surface area contributed by atoms with Crippen LogP contribution in [0.1, 0.15) is 6.92 Å². The summed E-state index contributed by atoms with van der Waals surface area (Å²) < 4.78 is 24.8. The summed E-state index contributed by atoms with van der Waals surface area (Å²) in [5.41, 5.74) is 0. The quantitative estimate of drug-likeness (QED) is 0.868. The van der Waals surface area contributed by atoms with E-state index in [4.69, 9.17) is 11.6 Å². The van der Waals surface area contributed by atoms with Gasteiger partial charge in [0.1, 0.15) is 17.3 Å². The van der Waals surface area contributed by atoms with Gasteiger partial charge in [0.25, 0.3) is 6.43 Å². The second-order valence-corrected chi connectivity index (χ2v) is 3.75. The molecule has 0 bridgehead atoms. The fraction of sp³-hybridized carbons (Fsp3) is 0.429. The predicted octanol–water partition coefficient (Wildman–Crippen LogP) is 2.96. The van der Waals surface area contributed by atoms with Crippen LogP contribution in [0.5, 0.6) is 0 Å². The lowest BCUT2D eigenvalue weighted by Crippen LogP contribution is -2.24. The van der Waals surface area contributed by atoms with Crippen LogP contribution in [0.25, 0.3) is 0 Å². The molecule has 0 aliphatic carbocycles. The molecule has 0 amide bonds. The lowest BCUT2D eigenvalue weighted by atomic mass is 10.3. The fourth-order valence-corrected chi connectivity index (χ4v) is 1.18. The van der Waals surface area contributed by atoms with Crippen molar-refractivity contribution in [2.24, 2.45) is 0 Å². The average Bonchev–Trinajstić information content (AvgIpc) is 2.12. The first-order valence-corrected chi connectivity index (χ1v) is 4.90. The van der Waals surface area contributed by atoms with Crippen LogP contribution in [0, 0.1) is 0 Å². The molecule has 1 rings (SSSR count). The zero-order valence-corrected chi connectivity index (χ0v) is 9.48. The van der Waals surface area contributed by atoms with Crippen LogP contribution in [-0.4, -0.2) is 22.4 Å². The van der Waals surface area contributed by atoms with Crippen LogP contribution < -0.4 is 5.32 Å². The van der Waals surface area contributed by atoms with Gasteiger partial charge in [0.2, 0.25) is 0 Å². The fourth-order valence-electron chi connectivity index (χ4n) is 0.728. The minimum atomic E-state index is -2.46. The summed E-state index contributed by atoms with van der Waals surface area (Å²) >= 11 is 8.74. The van der Waals surface area contributed by atoms with Crippen molar-refractivity contribution < 1.29 is 8.78 Å². The Bertz CT molecular complexity index is 324. The van der Waals surface area contributed by atoms with E-state index in [1.807, 2.05) is 0 Å². The molecule has 0 aliphatic heterocycles. The van der Waals surface area contributed by atoms with E-state index in [2.05, 4.69) is 31.2 Å². The number of nitrogens with zero attached hydrogens (tertiary/aromatic N) is 2. The molecule has 0 saturated carbocycles. The highest BCUT2D eigenvalue weighted by Crippen LogP contribution is 2.26. The minimum absolute atomic E-state index is 0.184. The second-order valence-electron chi connectivity index (χ2n) is 2.59.